The van der Waals surface area contributed by atoms with Crippen molar-refractivity contribution >= 4 is 34.8 Å². The van der Waals surface area contributed by atoms with Crippen LogP contribution in [-0.2, 0) is 14.4 Å². The maximum atomic E-state index is 12.3. The summed E-state index contributed by atoms with van der Waals surface area (Å²) in [5.74, 6) is -0.841. The summed E-state index contributed by atoms with van der Waals surface area (Å²) in [5.41, 5.74) is 1.64. The Hall–Kier alpha value is -3.35. The van der Waals surface area contributed by atoms with Gasteiger partial charge in [-0.05, 0) is 36.4 Å². The predicted octanol–water partition coefficient (Wildman–Crippen LogP) is 1.98. The fourth-order valence-corrected chi connectivity index (χ4v) is 2.27. The molecule has 0 aromatic heterocycles. The molecule has 0 saturated carbocycles. The summed E-state index contributed by atoms with van der Waals surface area (Å²) in [5, 5.41) is 7.88. The number of hydrogen-bond donors (Lipinski definition) is 3. The van der Waals surface area contributed by atoms with E-state index in [9.17, 15) is 14.4 Å². The molecule has 0 fully saturated rings. The number of anilines is 3. The van der Waals surface area contributed by atoms with E-state index in [0.717, 1.165) is 0 Å². The molecule has 1 unspecified atom stereocenters. The molecule has 2 aromatic carbocycles. The molecule has 1 heterocycles. The summed E-state index contributed by atoms with van der Waals surface area (Å²) >= 11 is 0. The number of fused-ring (bicyclic) bond motifs is 1. The van der Waals surface area contributed by atoms with E-state index in [1.165, 1.54) is 6.92 Å². The molecule has 0 saturated heterocycles. The Morgan fingerprint density at radius 3 is 2.29 bits per heavy atom. The maximum Gasteiger partial charge on any atom is 0.275 e. The van der Waals surface area contributed by atoms with Gasteiger partial charge in [0.25, 0.3) is 17.9 Å². The molecule has 1 aliphatic heterocycles. The number of carbonyl (C=O) groups excluding carboxylic acids is 3. The van der Waals surface area contributed by atoms with Gasteiger partial charge in [-0.2, -0.15) is 0 Å². The SMILES string of the molecule is CC(=O)Nc1ccc(NC(=O)C2Oc3ccccc3NC2=O)cc1. The molecule has 7 nitrogen and oxygen atoms in total. The molecular formula is C17H15N3O4. The van der Waals surface area contributed by atoms with Crippen molar-refractivity contribution in [1.82, 2.24) is 0 Å². The smallest absolute Gasteiger partial charge is 0.275 e. The van der Waals surface area contributed by atoms with Crippen LogP contribution in [0.5, 0.6) is 5.75 Å². The Kier molecular flexibility index (Phi) is 4.15. The molecule has 3 rings (SSSR count). The van der Waals surface area contributed by atoms with Gasteiger partial charge in [0.1, 0.15) is 5.75 Å². The third-order valence-corrected chi connectivity index (χ3v) is 3.34. The third-order valence-electron chi connectivity index (χ3n) is 3.34. The highest BCUT2D eigenvalue weighted by molar-refractivity contribution is 6.15. The molecule has 7 heteroatoms. The second kappa shape index (κ2) is 6.41. The molecular weight excluding hydrogens is 310 g/mol. The fraction of sp³-hybridized carbons (Fsp3) is 0.118. The van der Waals surface area contributed by atoms with E-state index in [1.54, 1.807) is 48.5 Å². The van der Waals surface area contributed by atoms with E-state index in [1.807, 2.05) is 0 Å². The average Bonchev–Trinajstić information content (AvgIpc) is 2.55. The summed E-state index contributed by atoms with van der Waals surface area (Å²) in [4.78, 5) is 35.3. The summed E-state index contributed by atoms with van der Waals surface area (Å²) in [7, 11) is 0. The van der Waals surface area contributed by atoms with Crippen LogP contribution in [0, 0.1) is 0 Å². The fourth-order valence-electron chi connectivity index (χ4n) is 2.27. The largest absolute Gasteiger partial charge is 0.468 e. The lowest BCUT2D eigenvalue weighted by Crippen LogP contribution is -2.45. The van der Waals surface area contributed by atoms with E-state index in [4.69, 9.17) is 4.74 Å². The lowest BCUT2D eigenvalue weighted by molar-refractivity contribution is -0.133. The van der Waals surface area contributed by atoms with Gasteiger partial charge < -0.3 is 20.7 Å². The summed E-state index contributed by atoms with van der Waals surface area (Å²) in [6.45, 7) is 1.41. The van der Waals surface area contributed by atoms with Crippen LogP contribution in [0.4, 0.5) is 17.1 Å². The zero-order valence-electron chi connectivity index (χ0n) is 12.8. The minimum atomic E-state index is -1.27. The van der Waals surface area contributed by atoms with E-state index in [0.29, 0.717) is 22.8 Å². The van der Waals surface area contributed by atoms with Gasteiger partial charge >= 0.3 is 0 Å². The van der Waals surface area contributed by atoms with Crippen molar-refractivity contribution in [1.29, 1.82) is 0 Å². The van der Waals surface area contributed by atoms with Crippen molar-refractivity contribution in [3.8, 4) is 5.75 Å². The topological polar surface area (TPSA) is 96.5 Å². The van der Waals surface area contributed by atoms with Crippen LogP contribution in [0.15, 0.2) is 48.5 Å². The van der Waals surface area contributed by atoms with Gasteiger partial charge in [0.2, 0.25) is 5.91 Å². The number of para-hydroxylation sites is 2. The highest BCUT2D eigenvalue weighted by atomic mass is 16.5. The van der Waals surface area contributed by atoms with Crippen molar-refractivity contribution in [2.45, 2.75) is 13.0 Å². The van der Waals surface area contributed by atoms with Gasteiger partial charge in [-0.1, -0.05) is 12.1 Å². The first-order chi connectivity index (χ1) is 11.5. The van der Waals surface area contributed by atoms with Gasteiger partial charge in [0, 0.05) is 18.3 Å². The van der Waals surface area contributed by atoms with Gasteiger partial charge in [-0.25, -0.2) is 0 Å². The monoisotopic (exact) mass is 325 g/mol. The lowest BCUT2D eigenvalue weighted by Gasteiger charge is -2.24. The number of carbonyl (C=O) groups is 3. The molecule has 122 valence electrons. The van der Waals surface area contributed by atoms with Crippen molar-refractivity contribution in [2.24, 2.45) is 0 Å². The summed E-state index contributed by atoms with van der Waals surface area (Å²) in [6, 6.07) is 13.4. The highest BCUT2D eigenvalue weighted by Crippen LogP contribution is 2.29. The average molecular weight is 325 g/mol. The Bertz CT molecular complexity index is 802. The van der Waals surface area contributed by atoms with E-state index < -0.39 is 17.9 Å². The molecule has 3 N–H and O–H groups in total. The Balaban J connectivity index is 1.69. The highest BCUT2D eigenvalue weighted by Gasteiger charge is 2.33. The van der Waals surface area contributed by atoms with Crippen LogP contribution < -0.4 is 20.7 Å². The molecule has 0 bridgehead atoms. The maximum absolute atomic E-state index is 12.3. The standard InChI is InChI=1S/C17H15N3O4/c1-10(21)18-11-6-8-12(9-7-11)19-16(22)15-17(23)20-13-4-2-3-5-14(13)24-15/h2-9,15H,1H3,(H,18,21)(H,19,22)(H,20,23). The minimum Gasteiger partial charge on any atom is -0.468 e. The van der Waals surface area contributed by atoms with Gasteiger partial charge in [-0.3, -0.25) is 14.4 Å². The second-order valence-corrected chi connectivity index (χ2v) is 5.23. The first kappa shape index (κ1) is 15.5. The summed E-state index contributed by atoms with van der Waals surface area (Å²) in [6.07, 6.45) is -1.27. The van der Waals surface area contributed by atoms with Crippen molar-refractivity contribution in [3.05, 3.63) is 48.5 Å². The first-order valence-electron chi connectivity index (χ1n) is 7.28. The molecule has 2 aromatic rings. The van der Waals surface area contributed by atoms with E-state index >= 15 is 0 Å². The van der Waals surface area contributed by atoms with Crippen LogP contribution in [-0.4, -0.2) is 23.8 Å². The number of amides is 3. The second-order valence-electron chi connectivity index (χ2n) is 5.23. The van der Waals surface area contributed by atoms with Crippen LogP contribution in [0.25, 0.3) is 0 Å². The van der Waals surface area contributed by atoms with Crippen LogP contribution in [0.3, 0.4) is 0 Å². The molecule has 0 spiro atoms. The molecule has 1 aliphatic rings. The number of ether oxygens (including phenoxy) is 1. The van der Waals surface area contributed by atoms with Crippen molar-refractivity contribution in [3.63, 3.8) is 0 Å². The van der Waals surface area contributed by atoms with Crippen LogP contribution >= 0.6 is 0 Å². The molecule has 1 atom stereocenters. The Morgan fingerprint density at radius 1 is 1.00 bits per heavy atom. The van der Waals surface area contributed by atoms with Crippen LogP contribution in [0.1, 0.15) is 6.92 Å². The number of nitrogens with one attached hydrogen (secondary N) is 3. The summed E-state index contributed by atoms with van der Waals surface area (Å²) < 4.78 is 5.47. The quantitative estimate of drug-likeness (QED) is 0.752. The van der Waals surface area contributed by atoms with E-state index in [-0.39, 0.29) is 5.91 Å². The van der Waals surface area contributed by atoms with Gasteiger partial charge in [0.05, 0.1) is 5.69 Å². The van der Waals surface area contributed by atoms with Gasteiger partial charge in [-0.15, -0.1) is 0 Å². The molecule has 24 heavy (non-hydrogen) atoms. The van der Waals surface area contributed by atoms with Crippen LogP contribution in [0.2, 0.25) is 0 Å². The zero-order valence-corrected chi connectivity index (χ0v) is 12.8. The third kappa shape index (κ3) is 3.35. The molecule has 0 radical (unpaired) electrons. The zero-order chi connectivity index (χ0) is 17.1. The Labute approximate surface area is 138 Å². The van der Waals surface area contributed by atoms with Crippen molar-refractivity contribution in [2.75, 3.05) is 16.0 Å². The number of hydrogen-bond acceptors (Lipinski definition) is 4. The molecule has 0 aliphatic carbocycles. The minimum absolute atomic E-state index is 0.183. The van der Waals surface area contributed by atoms with Crippen molar-refractivity contribution < 1.29 is 19.1 Å². The first-order valence-corrected chi connectivity index (χ1v) is 7.28. The lowest BCUT2D eigenvalue weighted by atomic mass is 10.2. The molecule has 3 amide bonds. The number of rotatable bonds is 3. The van der Waals surface area contributed by atoms with Gasteiger partial charge in [0.15, 0.2) is 0 Å². The Morgan fingerprint density at radius 2 is 1.62 bits per heavy atom. The normalized spacial score (nSPS) is 15.5. The van der Waals surface area contributed by atoms with E-state index in [2.05, 4.69) is 16.0 Å². The number of benzene rings is 2. The predicted molar refractivity (Wildman–Crippen MR) is 88.9 cm³/mol.